The highest BCUT2D eigenvalue weighted by atomic mass is 16.6. The number of aliphatic hydroxyl groups excluding tert-OH is 1. The van der Waals surface area contributed by atoms with Gasteiger partial charge >= 0.3 is 5.97 Å². The van der Waals surface area contributed by atoms with Gasteiger partial charge in [-0.05, 0) is 52.4 Å². The van der Waals surface area contributed by atoms with Crippen LogP contribution in [0.3, 0.4) is 0 Å². The van der Waals surface area contributed by atoms with Crippen LogP contribution in [0.15, 0.2) is 25.3 Å². The van der Waals surface area contributed by atoms with Crippen molar-refractivity contribution in [1.82, 2.24) is 9.80 Å². The molecule has 0 aromatic rings. The summed E-state index contributed by atoms with van der Waals surface area (Å²) in [6, 6.07) is -1.56. The van der Waals surface area contributed by atoms with E-state index in [2.05, 4.69) is 20.1 Å². The highest BCUT2D eigenvalue weighted by molar-refractivity contribution is 5.98. The molecule has 0 aromatic carbocycles. The Morgan fingerprint density at radius 3 is 2.58 bits per heavy atom. The van der Waals surface area contributed by atoms with E-state index in [1.54, 1.807) is 24.0 Å². The molecule has 36 heavy (non-hydrogen) atoms. The first-order valence-corrected chi connectivity index (χ1v) is 13.5. The van der Waals surface area contributed by atoms with Crippen LogP contribution in [0, 0.1) is 11.8 Å². The van der Waals surface area contributed by atoms with Gasteiger partial charge in [-0.1, -0.05) is 32.4 Å². The third-order valence-electron chi connectivity index (χ3n) is 8.49. The molecule has 8 heteroatoms. The highest BCUT2D eigenvalue weighted by Gasteiger charge is 2.79. The van der Waals surface area contributed by atoms with Crippen LogP contribution in [0.4, 0.5) is 0 Å². The molecule has 3 aliphatic heterocycles. The van der Waals surface area contributed by atoms with Crippen LogP contribution in [-0.2, 0) is 23.9 Å². The summed E-state index contributed by atoms with van der Waals surface area (Å²) >= 11 is 0. The number of rotatable bonds is 14. The van der Waals surface area contributed by atoms with Crippen molar-refractivity contribution in [3.05, 3.63) is 25.3 Å². The Labute approximate surface area is 215 Å². The first-order chi connectivity index (χ1) is 17.2. The van der Waals surface area contributed by atoms with Crippen LogP contribution in [0.25, 0.3) is 0 Å². The quantitative estimate of drug-likeness (QED) is 0.222. The lowest BCUT2D eigenvalue weighted by atomic mass is 9.65. The Morgan fingerprint density at radius 2 is 2.00 bits per heavy atom. The molecule has 1 N–H and O–H groups in total. The number of nitrogens with zero attached hydrogens (tertiary/aromatic N) is 2. The predicted molar refractivity (Wildman–Crippen MR) is 137 cm³/mol. The third kappa shape index (κ3) is 4.51. The number of unbranched alkanes of at least 4 members (excludes halogenated alkanes) is 1. The molecular formula is C28H44N2O6. The van der Waals surface area contributed by atoms with Gasteiger partial charge in [0, 0.05) is 12.6 Å². The number of allylic oxidation sites excluding steroid dienone is 1. The topological polar surface area (TPSA) is 96.4 Å². The first kappa shape index (κ1) is 28.4. The zero-order valence-electron chi connectivity index (χ0n) is 22.4. The van der Waals surface area contributed by atoms with Gasteiger partial charge in [0.2, 0.25) is 11.8 Å². The summed E-state index contributed by atoms with van der Waals surface area (Å²) in [6.45, 7) is 15.6. The molecule has 3 unspecified atom stereocenters. The Balaban J connectivity index is 2.05. The lowest BCUT2D eigenvalue weighted by Gasteiger charge is -2.40. The molecule has 0 aromatic heterocycles. The number of hydrogen-bond donors (Lipinski definition) is 1. The van der Waals surface area contributed by atoms with Crippen LogP contribution in [-0.4, -0.2) is 81.8 Å². The van der Waals surface area contributed by atoms with E-state index >= 15 is 0 Å². The summed E-state index contributed by atoms with van der Waals surface area (Å²) in [5.41, 5.74) is -1.95. The summed E-state index contributed by atoms with van der Waals surface area (Å²) in [7, 11) is 0. The molecule has 2 bridgehead atoms. The molecule has 1 spiro atoms. The molecule has 7 atom stereocenters. The molecule has 0 radical (unpaired) electrons. The minimum absolute atomic E-state index is 0.0540. The lowest BCUT2D eigenvalue weighted by Crippen LogP contribution is -2.59. The summed E-state index contributed by atoms with van der Waals surface area (Å²) in [4.78, 5) is 45.0. The minimum Gasteiger partial charge on any atom is -0.465 e. The van der Waals surface area contributed by atoms with E-state index in [1.807, 2.05) is 13.8 Å². The van der Waals surface area contributed by atoms with Gasteiger partial charge in [-0.25, -0.2) is 0 Å². The van der Waals surface area contributed by atoms with Crippen LogP contribution < -0.4 is 0 Å². The number of esters is 1. The largest absolute Gasteiger partial charge is 0.465 e. The number of carbonyl (C=O) groups is 3. The van der Waals surface area contributed by atoms with E-state index in [4.69, 9.17) is 9.47 Å². The molecular weight excluding hydrogens is 460 g/mol. The van der Waals surface area contributed by atoms with Crippen molar-refractivity contribution in [3.8, 4) is 0 Å². The maximum absolute atomic E-state index is 14.3. The zero-order valence-corrected chi connectivity index (χ0v) is 22.4. The van der Waals surface area contributed by atoms with Crippen LogP contribution in [0.2, 0.25) is 0 Å². The molecule has 3 fully saturated rings. The second kappa shape index (κ2) is 11.5. The molecule has 8 nitrogen and oxygen atoms in total. The minimum atomic E-state index is -1.12. The van der Waals surface area contributed by atoms with Crippen molar-refractivity contribution >= 4 is 17.8 Å². The maximum atomic E-state index is 14.3. The van der Waals surface area contributed by atoms with Crippen LogP contribution >= 0.6 is 0 Å². The Hall–Kier alpha value is -2.19. The van der Waals surface area contributed by atoms with Gasteiger partial charge in [0.1, 0.15) is 17.6 Å². The molecule has 3 saturated heterocycles. The van der Waals surface area contributed by atoms with Gasteiger partial charge in [0.25, 0.3) is 0 Å². The SMILES string of the molecule is C=CCCCOC(=O)[C@@H]1[C@H]2C(=O)N([C@H](C)CO)C(C(=O)N(CC=C)C(C)CCC)C23CC[C@@]1(CC)O3. The number of ether oxygens (including phenoxy) is 2. The van der Waals surface area contributed by atoms with Gasteiger partial charge in [-0.15, -0.1) is 13.2 Å². The standard InChI is InChI=1S/C28H44N2O6/c1-7-11-12-17-35-26(34)22-21-24(32)30(20(6)18-31)23(28(21)15-14-27(22,10-4)36-28)25(33)29(16-9-3)19(5)13-8-2/h7,9,19-23,31H,1,3,8,10-18H2,2,4-6H3/t19?,20-,21+,22+,23?,27-,28?/m1/s1. The predicted octanol–water partition coefficient (Wildman–Crippen LogP) is 3.23. The zero-order chi connectivity index (χ0) is 26.7. The van der Waals surface area contributed by atoms with Crippen LogP contribution in [0.1, 0.15) is 72.6 Å². The monoisotopic (exact) mass is 504 g/mol. The van der Waals surface area contributed by atoms with Crippen molar-refractivity contribution in [1.29, 1.82) is 0 Å². The lowest BCUT2D eigenvalue weighted by molar-refractivity contribution is -0.163. The molecule has 202 valence electrons. The molecule has 2 amide bonds. The average molecular weight is 505 g/mol. The fourth-order valence-corrected chi connectivity index (χ4v) is 6.70. The van der Waals surface area contributed by atoms with E-state index < -0.39 is 41.1 Å². The van der Waals surface area contributed by atoms with Gasteiger partial charge in [0.05, 0.1) is 30.8 Å². The van der Waals surface area contributed by atoms with E-state index in [0.29, 0.717) is 32.2 Å². The second-order valence-electron chi connectivity index (χ2n) is 10.6. The summed E-state index contributed by atoms with van der Waals surface area (Å²) in [6.07, 6.45) is 8.21. The Morgan fingerprint density at radius 1 is 1.28 bits per heavy atom. The summed E-state index contributed by atoms with van der Waals surface area (Å²) in [5, 5.41) is 10.0. The number of carbonyl (C=O) groups excluding carboxylic acids is 3. The maximum Gasteiger partial charge on any atom is 0.312 e. The molecule has 3 rings (SSSR count). The van der Waals surface area contributed by atoms with Gasteiger partial charge < -0.3 is 24.4 Å². The number of amides is 2. The number of likely N-dealkylation sites (tertiary alicyclic amines) is 1. The first-order valence-electron chi connectivity index (χ1n) is 13.5. The molecule has 0 aliphatic carbocycles. The van der Waals surface area contributed by atoms with Gasteiger partial charge in [-0.2, -0.15) is 0 Å². The summed E-state index contributed by atoms with van der Waals surface area (Å²) < 4.78 is 12.4. The van der Waals surface area contributed by atoms with E-state index in [9.17, 15) is 19.5 Å². The van der Waals surface area contributed by atoms with E-state index in [1.165, 1.54) is 4.90 Å². The van der Waals surface area contributed by atoms with Crippen molar-refractivity contribution in [2.45, 2.75) is 102 Å². The van der Waals surface area contributed by atoms with Crippen LogP contribution in [0.5, 0.6) is 0 Å². The Bertz CT molecular complexity index is 861. The third-order valence-corrected chi connectivity index (χ3v) is 8.49. The molecule has 3 aliphatic rings. The fourth-order valence-electron chi connectivity index (χ4n) is 6.70. The van der Waals surface area contributed by atoms with Gasteiger partial charge in [0.15, 0.2) is 0 Å². The molecule has 0 saturated carbocycles. The van der Waals surface area contributed by atoms with Crippen molar-refractivity contribution in [2.24, 2.45) is 11.8 Å². The normalized spacial score (nSPS) is 32.2. The van der Waals surface area contributed by atoms with Crippen molar-refractivity contribution in [2.75, 3.05) is 19.8 Å². The average Bonchev–Trinajstić information content (AvgIpc) is 3.48. The number of fused-ring (bicyclic) bond motifs is 1. The number of aliphatic hydroxyl groups is 1. The molecule has 3 heterocycles. The number of hydrogen-bond acceptors (Lipinski definition) is 6. The Kier molecular flexibility index (Phi) is 9.04. The second-order valence-corrected chi connectivity index (χ2v) is 10.6. The van der Waals surface area contributed by atoms with E-state index in [-0.39, 0.29) is 31.1 Å². The fraction of sp³-hybridized carbons (Fsp3) is 0.750. The highest BCUT2D eigenvalue weighted by Crippen LogP contribution is 2.64. The van der Waals surface area contributed by atoms with Crippen molar-refractivity contribution < 1.29 is 29.0 Å². The smallest absolute Gasteiger partial charge is 0.312 e. The van der Waals surface area contributed by atoms with Crippen molar-refractivity contribution in [3.63, 3.8) is 0 Å². The summed E-state index contributed by atoms with van der Waals surface area (Å²) in [5.74, 6) is -2.54. The van der Waals surface area contributed by atoms with Gasteiger partial charge in [-0.3, -0.25) is 14.4 Å². The van der Waals surface area contributed by atoms with E-state index in [0.717, 1.165) is 19.3 Å².